The molecule has 2 unspecified atom stereocenters. The van der Waals surface area contributed by atoms with E-state index in [-0.39, 0.29) is 18.0 Å². The smallest absolute Gasteiger partial charge is 0.225 e. The van der Waals surface area contributed by atoms with Crippen molar-refractivity contribution in [2.75, 3.05) is 6.54 Å². The third-order valence-corrected chi connectivity index (χ3v) is 5.42. The van der Waals surface area contributed by atoms with Crippen LogP contribution in [-0.4, -0.2) is 17.4 Å². The molecule has 2 atom stereocenters. The van der Waals surface area contributed by atoms with Gasteiger partial charge in [0, 0.05) is 23.9 Å². The van der Waals surface area contributed by atoms with E-state index >= 15 is 0 Å². The van der Waals surface area contributed by atoms with E-state index in [1.54, 1.807) is 11.3 Å². The minimum absolute atomic E-state index is 0.167. The zero-order valence-electron chi connectivity index (χ0n) is 12.9. The highest BCUT2D eigenvalue weighted by molar-refractivity contribution is 7.10. The third kappa shape index (κ3) is 2.94. The zero-order chi connectivity index (χ0) is 15.5. The highest BCUT2D eigenvalue weighted by Crippen LogP contribution is 2.35. The number of carbonyl (C=O) groups is 1. The Morgan fingerprint density at radius 2 is 2.14 bits per heavy atom. The lowest BCUT2D eigenvalue weighted by Gasteiger charge is -2.36. The first kappa shape index (κ1) is 15.3. The van der Waals surface area contributed by atoms with Crippen LogP contribution in [0.15, 0.2) is 41.8 Å². The fraction of sp³-hybridized carbons (Fsp3) is 0.389. The number of hydrogen-bond donors (Lipinski definition) is 1. The number of benzene rings is 1. The summed E-state index contributed by atoms with van der Waals surface area (Å²) in [6.45, 7) is 2.96. The number of nitrogens with two attached hydrogens (primary N) is 1. The van der Waals surface area contributed by atoms with Gasteiger partial charge in [-0.3, -0.25) is 4.79 Å². The largest absolute Gasteiger partial charge is 0.335 e. The number of amides is 1. The van der Waals surface area contributed by atoms with Crippen LogP contribution in [0.4, 0.5) is 0 Å². The van der Waals surface area contributed by atoms with Crippen LogP contribution < -0.4 is 5.73 Å². The molecule has 2 N–H and O–H groups in total. The second-order valence-electron chi connectivity index (χ2n) is 5.78. The molecule has 2 heterocycles. The number of rotatable bonds is 4. The van der Waals surface area contributed by atoms with Crippen molar-refractivity contribution in [1.82, 2.24) is 4.90 Å². The van der Waals surface area contributed by atoms with Gasteiger partial charge in [-0.25, -0.2) is 0 Å². The van der Waals surface area contributed by atoms with E-state index in [4.69, 9.17) is 5.73 Å². The summed E-state index contributed by atoms with van der Waals surface area (Å²) in [5.41, 5.74) is 8.58. The second-order valence-corrected chi connectivity index (χ2v) is 6.78. The molecule has 0 aliphatic carbocycles. The maximum absolute atomic E-state index is 12.7. The normalized spacial score (nSPS) is 18.8. The van der Waals surface area contributed by atoms with Crippen molar-refractivity contribution in [3.63, 3.8) is 0 Å². The lowest BCUT2D eigenvalue weighted by molar-refractivity contribution is -0.134. The molecule has 116 valence electrons. The highest BCUT2D eigenvalue weighted by atomic mass is 32.1. The summed E-state index contributed by atoms with van der Waals surface area (Å²) < 4.78 is 0. The molecule has 1 amide bonds. The topological polar surface area (TPSA) is 46.3 Å². The maximum Gasteiger partial charge on any atom is 0.225 e. The molecule has 1 aromatic carbocycles. The van der Waals surface area contributed by atoms with Crippen molar-refractivity contribution in [2.45, 2.75) is 38.3 Å². The molecule has 2 aromatic rings. The van der Waals surface area contributed by atoms with Gasteiger partial charge < -0.3 is 10.6 Å². The Bertz CT molecular complexity index is 638. The van der Waals surface area contributed by atoms with E-state index in [1.165, 1.54) is 10.4 Å². The molecular formula is C18H22N2OS. The fourth-order valence-corrected chi connectivity index (χ4v) is 4.19. The molecule has 1 aromatic heterocycles. The van der Waals surface area contributed by atoms with Crippen LogP contribution in [0.3, 0.4) is 0 Å². The van der Waals surface area contributed by atoms with Gasteiger partial charge in [0.25, 0.3) is 0 Å². The van der Waals surface area contributed by atoms with Crippen LogP contribution in [0, 0.1) is 0 Å². The summed E-state index contributed by atoms with van der Waals surface area (Å²) >= 11 is 1.81. The minimum atomic E-state index is -0.227. The number of hydrogen-bond acceptors (Lipinski definition) is 3. The minimum Gasteiger partial charge on any atom is -0.335 e. The maximum atomic E-state index is 12.7. The molecule has 4 heteroatoms. The number of thiophene rings is 1. The molecule has 1 aliphatic rings. The monoisotopic (exact) mass is 314 g/mol. The SMILES string of the molecule is CCC1c2ccsc2CCN1C(=O)CC(N)c1ccccc1. The molecule has 3 rings (SSSR count). The van der Waals surface area contributed by atoms with Gasteiger partial charge in [0.1, 0.15) is 0 Å². The van der Waals surface area contributed by atoms with Crippen LogP contribution in [0.2, 0.25) is 0 Å². The Kier molecular flexibility index (Phi) is 4.60. The van der Waals surface area contributed by atoms with Gasteiger partial charge in [-0.1, -0.05) is 37.3 Å². The third-order valence-electron chi connectivity index (χ3n) is 4.42. The lowest BCUT2D eigenvalue weighted by Crippen LogP contribution is -2.40. The Labute approximate surface area is 135 Å². The van der Waals surface area contributed by atoms with Crippen molar-refractivity contribution in [2.24, 2.45) is 5.73 Å². The van der Waals surface area contributed by atoms with Crippen LogP contribution >= 0.6 is 11.3 Å². The molecule has 0 fully saturated rings. The van der Waals surface area contributed by atoms with E-state index < -0.39 is 0 Å². The second kappa shape index (κ2) is 6.63. The number of carbonyl (C=O) groups excluding carboxylic acids is 1. The first-order valence-corrected chi connectivity index (χ1v) is 8.75. The van der Waals surface area contributed by atoms with E-state index in [0.717, 1.165) is 24.9 Å². The van der Waals surface area contributed by atoms with Gasteiger partial charge in [-0.2, -0.15) is 0 Å². The van der Waals surface area contributed by atoms with E-state index in [9.17, 15) is 4.79 Å². The Hall–Kier alpha value is -1.65. The van der Waals surface area contributed by atoms with Crippen molar-refractivity contribution in [3.8, 4) is 0 Å². The first-order chi connectivity index (χ1) is 10.7. The molecule has 0 saturated carbocycles. The van der Waals surface area contributed by atoms with Crippen molar-refractivity contribution < 1.29 is 4.79 Å². The molecule has 0 bridgehead atoms. The summed E-state index contributed by atoms with van der Waals surface area (Å²) in [6, 6.07) is 12.0. The average molecular weight is 314 g/mol. The quantitative estimate of drug-likeness (QED) is 0.936. The van der Waals surface area contributed by atoms with Crippen molar-refractivity contribution in [1.29, 1.82) is 0 Å². The standard InChI is InChI=1S/C18H22N2OS/c1-2-16-14-9-11-22-17(14)8-10-20(16)18(21)12-15(19)13-6-4-3-5-7-13/h3-7,9,11,15-16H,2,8,10,12,19H2,1H3. The van der Waals surface area contributed by atoms with Crippen LogP contribution in [0.1, 0.15) is 47.9 Å². The predicted octanol–water partition coefficient (Wildman–Crippen LogP) is 3.67. The molecule has 0 spiro atoms. The van der Waals surface area contributed by atoms with Crippen molar-refractivity contribution >= 4 is 17.2 Å². The van der Waals surface area contributed by atoms with E-state index in [1.807, 2.05) is 35.2 Å². The number of fused-ring (bicyclic) bond motifs is 1. The van der Waals surface area contributed by atoms with Crippen LogP contribution in [0.5, 0.6) is 0 Å². The summed E-state index contributed by atoms with van der Waals surface area (Å²) in [7, 11) is 0. The summed E-state index contributed by atoms with van der Waals surface area (Å²) in [5.74, 6) is 0.167. The molecular weight excluding hydrogens is 292 g/mol. The summed E-state index contributed by atoms with van der Waals surface area (Å²) in [6.07, 6.45) is 2.30. The van der Waals surface area contributed by atoms with Gasteiger partial charge in [-0.05, 0) is 35.4 Å². The van der Waals surface area contributed by atoms with Crippen molar-refractivity contribution in [3.05, 3.63) is 57.8 Å². The van der Waals surface area contributed by atoms with Gasteiger partial charge in [0.2, 0.25) is 5.91 Å². The van der Waals surface area contributed by atoms with Crippen LogP contribution in [0.25, 0.3) is 0 Å². The highest BCUT2D eigenvalue weighted by Gasteiger charge is 2.30. The van der Waals surface area contributed by atoms with Gasteiger partial charge in [0.15, 0.2) is 0 Å². The molecule has 1 aliphatic heterocycles. The predicted molar refractivity (Wildman–Crippen MR) is 90.8 cm³/mol. The lowest BCUT2D eigenvalue weighted by atomic mass is 9.96. The van der Waals surface area contributed by atoms with E-state index in [0.29, 0.717) is 6.42 Å². The summed E-state index contributed by atoms with van der Waals surface area (Å²) in [5, 5.41) is 2.14. The molecule has 3 nitrogen and oxygen atoms in total. The summed E-state index contributed by atoms with van der Waals surface area (Å²) in [4.78, 5) is 16.2. The van der Waals surface area contributed by atoms with E-state index in [2.05, 4.69) is 18.4 Å². The fourth-order valence-electron chi connectivity index (χ4n) is 3.26. The van der Waals surface area contributed by atoms with Gasteiger partial charge in [-0.15, -0.1) is 11.3 Å². The zero-order valence-corrected chi connectivity index (χ0v) is 13.7. The van der Waals surface area contributed by atoms with Crippen LogP contribution in [-0.2, 0) is 11.2 Å². The average Bonchev–Trinajstić information content (AvgIpc) is 3.03. The molecule has 0 radical (unpaired) electrons. The Morgan fingerprint density at radius 3 is 2.86 bits per heavy atom. The Morgan fingerprint density at radius 1 is 1.36 bits per heavy atom. The Balaban J connectivity index is 1.72. The van der Waals surface area contributed by atoms with Gasteiger partial charge >= 0.3 is 0 Å². The first-order valence-electron chi connectivity index (χ1n) is 7.87. The number of nitrogens with zero attached hydrogens (tertiary/aromatic N) is 1. The molecule has 22 heavy (non-hydrogen) atoms. The molecule has 0 saturated heterocycles. The van der Waals surface area contributed by atoms with Gasteiger partial charge in [0.05, 0.1) is 6.04 Å².